The predicted octanol–water partition coefficient (Wildman–Crippen LogP) is 4.08. The molecule has 0 bridgehead atoms. The summed E-state index contributed by atoms with van der Waals surface area (Å²) in [6.45, 7) is 6.68. The first kappa shape index (κ1) is 12.8. The van der Waals surface area contributed by atoms with Crippen molar-refractivity contribution in [1.82, 2.24) is 5.32 Å². The van der Waals surface area contributed by atoms with Crippen molar-refractivity contribution in [1.29, 1.82) is 0 Å². The summed E-state index contributed by atoms with van der Waals surface area (Å²) in [4.78, 5) is 0. The molecule has 1 N–H and O–H groups in total. The van der Waals surface area contributed by atoms with Crippen molar-refractivity contribution in [3.05, 3.63) is 39.4 Å². The molecule has 1 fully saturated rings. The SMILES string of the molecule is Cc1cc(Br)cc(C)c1/C=C\C1CCNCC1. The second-order valence-corrected chi connectivity index (χ2v) is 5.82. The number of piperidine rings is 1. The van der Waals surface area contributed by atoms with E-state index in [9.17, 15) is 0 Å². The number of nitrogens with one attached hydrogen (secondary N) is 1. The third kappa shape index (κ3) is 3.43. The van der Waals surface area contributed by atoms with E-state index in [4.69, 9.17) is 0 Å². The Bertz CT molecular complexity index is 394. The first-order valence-corrected chi connectivity index (χ1v) is 7.12. The zero-order valence-corrected chi connectivity index (χ0v) is 12.2. The lowest BCUT2D eigenvalue weighted by Crippen LogP contribution is -2.26. The molecule has 0 amide bonds. The molecule has 0 atom stereocenters. The van der Waals surface area contributed by atoms with Crippen molar-refractivity contribution >= 4 is 22.0 Å². The highest BCUT2D eigenvalue weighted by atomic mass is 79.9. The Hall–Kier alpha value is -0.600. The van der Waals surface area contributed by atoms with Gasteiger partial charge in [-0.25, -0.2) is 0 Å². The molecule has 0 radical (unpaired) electrons. The Morgan fingerprint density at radius 1 is 1.18 bits per heavy atom. The largest absolute Gasteiger partial charge is 0.317 e. The summed E-state index contributed by atoms with van der Waals surface area (Å²) in [5.74, 6) is 0.749. The molecule has 1 aromatic rings. The van der Waals surface area contributed by atoms with Gasteiger partial charge in [0.25, 0.3) is 0 Å². The van der Waals surface area contributed by atoms with Crippen LogP contribution in [0.3, 0.4) is 0 Å². The van der Waals surface area contributed by atoms with Gasteiger partial charge in [-0.05, 0) is 74.5 Å². The van der Waals surface area contributed by atoms with Gasteiger partial charge in [0.15, 0.2) is 0 Å². The maximum atomic E-state index is 3.54. The molecule has 92 valence electrons. The van der Waals surface area contributed by atoms with Gasteiger partial charge < -0.3 is 5.32 Å². The van der Waals surface area contributed by atoms with Gasteiger partial charge in [0.05, 0.1) is 0 Å². The molecule has 2 rings (SSSR count). The van der Waals surface area contributed by atoms with Crippen LogP contribution in [0.2, 0.25) is 0 Å². The number of rotatable bonds is 2. The van der Waals surface area contributed by atoms with E-state index in [2.05, 4.69) is 59.4 Å². The Labute approximate surface area is 112 Å². The van der Waals surface area contributed by atoms with Gasteiger partial charge >= 0.3 is 0 Å². The van der Waals surface area contributed by atoms with Crippen LogP contribution in [0.1, 0.15) is 29.5 Å². The summed E-state index contributed by atoms with van der Waals surface area (Å²) in [6.07, 6.45) is 7.24. The summed E-state index contributed by atoms with van der Waals surface area (Å²) in [5.41, 5.74) is 4.08. The molecular formula is C15H20BrN. The number of benzene rings is 1. The quantitative estimate of drug-likeness (QED) is 0.866. The van der Waals surface area contributed by atoms with Crippen LogP contribution >= 0.6 is 15.9 Å². The van der Waals surface area contributed by atoms with Crippen LogP contribution < -0.4 is 5.32 Å². The normalized spacial score (nSPS) is 17.8. The maximum Gasteiger partial charge on any atom is 0.0180 e. The fourth-order valence-electron chi connectivity index (χ4n) is 2.45. The van der Waals surface area contributed by atoms with E-state index >= 15 is 0 Å². The zero-order chi connectivity index (χ0) is 12.3. The first-order valence-electron chi connectivity index (χ1n) is 6.32. The number of aryl methyl sites for hydroxylation is 2. The van der Waals surface area contributed by atoms with Crippen molar-refractivity contribution in [3.8, 4) is 0 Å². The third-order valence-corrected chi connectivity index (χ3v) is 3.94. The average Bonchev–Trinajstić information content (AvgIpc) is 2.29. The number of allylic oxidation sites excluding steroid dienone is 1. The molecule has 0 spiro atoms. The van der Waals surface area contributed by atoms with Crippen molar-refractivity contribution < 1.29 is 0 Å². The highest BCUT2D eigenvalue weighted by molar-refractivity contribution is 9.10. The van der Waals surface area contributed by atoms with E-state index in [0.717, 1.165) is 19.0 Å². The van der Waals surface area contributed by atoms with Crippen molar-refractivity contribution in [2.75, 3.05) is 13.1 Å². The van der Waals surface area contributed by atoms with Gasteiger partial charge in [-0.3, -0.25) is 0 Å². The minimum absolute atomic E-state index is 0.749. The molecule has 1 aromatic carbocycles. The summed E-state index contributed by atoms with van der Waals surface area (Å²) >= 11 is 3.54. The molecule has 1 heterocycles. The molecule has 0 saturated carbocycles. The van der Waals surface area contributed by atoms with Crippen LogP contribution in [-0.2, 0) is 0 Å². The van der Waals surface area contributed by atoms with E-state index in [0.29, 0.717) is 0 Å². The number of hydrogen-bond acceptors (Lipinski definition) is 1. The first-order chi connectivity index (χ1) is 8.16. The van der Waals surface area contributed by atoms with Gasteiger partial charge in [-0.1, -0.05) is 28.1 Å². The molecule has 0 aromatic heterocycles. The lowest BCUT2D eigenvalue weighted by atomic mass is 9.95. The maximum absolute atomic E-state index is 3.54. The molecular weight excluding hydrogens is 274 g/mol. The Morgan fingerprint density at radius 3 is 2.35 bits per heavy atom. The van der Waals surface area contributed by atoms with Gasteiger partial charge in [0.1, 0.15) is 0 Å². The smallest absolute Gasteiger partial charge is 0.0180 e. The van der Waals surface area contributed by atoms with Crippen LogP contribution in [0.15, 0.2) is 22.7 Å². The molecule has 1 saturated heterocycles. The van der Waals surface area contributed by atoms with Crippen LogP contribution in [0.5, 0.6) is 0 Å². The minimum atomic E-state index is 0.749. The Balaban J connectivity index is 2.14. The molecule has 1 nitrogen and oxygen atoms in total. The monoisotopic (exact) mass is 293 g/mol. The second kappa shape index (κ2) is 5.83. The summed E-state index contributed by atoms with van der Waals surface area (Å²) in [7, 11) is 0. The number of hydrogen-bond donors (Lipinski definition) is 1. The zero-order valence-electron chi connectivity index (χ0n) is 10.6. The van der Waals surface area contributed by atoms with Gasteiger partial charge in [-0.15, -0.1) is 0 Å². The molecule has 0 aliphatic carbocycles. The highest BCUT2D eigenvalue weighted by Gasteiger charge is 2.09. The highest BCUT2D eigenvalue weighted by Crippen LogP contribution is 2.23. The Kier molecular flexibility index (Phi) is 4.41. The predicted molar refractivity (Wildman–Crippen MR) is 78.2 cm³/mol. The van der Waals surface area contributed by atoms with Gasteiger partial charge in [0.2, 0.25) is 0 Å². The van der Waals surface area contributed by atoms with E-state index in [-0.39, 0.29) is 0 Å². The van der Waals surface area contributed by atoms with Gasteiger partial charge in [0, 0.05) is 4.47 Å². The fourth-order valence-corrected chi connectivity index (χ4v) is 3.14. The second-order valence-electron chi connectivity index (χ2n) is 4.90. The minimum Gasteiger partial charge on any atom is -0.317 e. The van der Waals surface area contributed by atoms with Crippen molar-refractivity contribution in [2.24, 2.45) is 5.92 Å². The summed E-state index contributed by atoms with van der Waals surface area (Å²) < 4.78 is 1.17. The third-order valence-electron chi connectivity index (χ3n) is 3.48. The number of halogens is 1. The fraction of sp³-hybridized carbons (Fsp3) is 0.467. The van der Waals surface area contributed by atoms with Crippen molar-refractivity contribution in [2.45, 2.75) is 26.7 Å². The van der Waals surface area contributed by atoms with E-state index in [1.54, 1.807) is 0 Å². The van der Waals surface area contributed by atoms with Crippen LogP contribution in [0, 0.1) is 19.8 Å². The molecule has 1 aliphatic rings. The Morgan fingerprint density at radius 2 is 1.76 bits per heavy atom. The lowest BCUT2D eigenvalue weighted by Gasteiger charge is -2.19. The van der Waals surface area contributed by atoms with E-state index < -0.39 is 0 Å². The van der Waals surface area contributed by atoms with Crippen LogP contribution in [-0.4, -0.2) is 13.1 Å². The molecule has 1 aliphatic heterocycles. The van der Waals surface area contributed by atoms with E-state index in [1.807, 2.05) is 0 Å². The molecule has 2 heteroatoms. The lowest BCUT2D eigenvalue weighted by molar-refractivity contribution is 0.438. The summed E-state index contributed by atoms with van der Waals surface area (Å²) in [6, 6.07) is 4.38. The van der Waals surface area contributed by atoms with Crippen molar-refractivity contribution in [3.63, 3.8) is 0 Å². The standard InChI is InChI=1S/C15H20BrN/c1-11-9-14(16)10-12(2)15(11)4-3-13-5-7-17-8-6-13/h3-4,9-10,13,17H,5-8H2,1-2H3/b4-3-. The summed E-state index contributed by atoms with van der Waals surface area (Å²) in [5, 5.41) is 3.40. The topological polar surface area (TPSA) is 12.0 Å². The molecule has 0 unspecified atom stereocenters. The van der Waals surface area contributed by atoms with Crippen LogP contribution in [0.25, 0.3) is 6.08 Å². The van der Waals surface area contributed by atoms with Crippen LogP contribution in [0.4, 0.5) is 0 Å². The van der Waals surface area contributed by atoms with E-state index in [1.165, 1.54) is 34.0 Å². The average molecular weight is 294 g/mol. The van der Waals surface area contributed by atoms with Gasteiger partial charge in [-0.2, -0.15) is 0 Å². The molecule has 17 heavy (non-hydrogen) atoms.